The highest BCUT2D eigenvalue weighted by Crippen LogP contribution is 2.39. The van der Waals surface area contributed by atoms with Crippen LogP contribution in [0.4, 0.5) is 0 Å². The number of amides is 1. The van der Waals surface area contributed by atoms with Crippen molar-refractivity contribution in [2.75, 3.05) is 0 Å². The number of carbonyl (C=O) groups excluding carboxylic acids is 1. The van der Waals surface area contributed by atoms with Crippen LogP contribution in [-0.2, 0) is 17.6 Å². The minimum atomic E-state index is -0.0334. The van der Waals surface area contributed by atoms with Gasteiger partial charge in [-0.25, -0.2) is 0 Å². The Kier molecular flexibility index (Phi) is 6.77. The molecule has 4 aromatic rings. The number of hydrogen-bond acceptors (Lipinski definition) is 3. The van der Waals surface area contributed by atoms with E-state index in [-0.39, 0.29) is 11.9 Å². The van der Waals surface area contributed by atoms with Crippen molar-refractivity contribution in [3.63, 3.8) is 0 Å². The van der Waals surface area contributed by atoms with Gasteiger partial charge >= 0.3 is 0 Å². The summed E-state index contributed by atoms with van der Waals surface area (Å²) in [5, 5.41) is 13.5. The second kappa shape index (κ2) is 10.3. The van der Waals surface area contributed by atoms with Crippen LogP contribution >= 0.6 is 0 Å². The average Bonchev–Trinajstić information content (AvgIpc) is 2.89. The van der Waals surface area contributed by atoms with Crippen molar-refractivity contribution >= 4 is 5.91 Å². The molecule has 0 saturated carbocycles. The Morgan fingerprint density at radius 1 is 0.778 bits per heavy atom. The number of hydrogen-bond donors (Lipinski definition) is 2. The Morgan fingerprint density at radius 2 is 1.33 bits per heavy atom. The number of phenols is 1. The summed E-state index contributed by atoms with van der Waals surface area (Å²) in [6.07, 6.45) is 4.48. The van der Waals surface area contributed by atoms with Crippen LogP contribution in [0.1, 0.15) is 49.4 Å². The number of ether oxygens (including phenoxy) is 1. The van der Waals surface area contributed by atoms with E-state index in [9.17, 15) is 9.90 Å². The van der Waals surface area contributed by atoms with E-state index in [0.717, 1.165) is 52.2 Å². The third kappa shape index (κ3) is 5.13. The van der Waals surface area contributed by atoms with Gasteiger partial charge in [-0.2, -0.15) is 0 Å². The molecule has 4 aromatic carbocycles. The summed E-state index contributed by atoms with van der Waals surface area (Å²) in [6.45, 7) is 3.51. The molecular weight excluding hydrogens is 446 g/mol. The van der Waals surface area contributed by atoms with Crippen LogP contribution in [0.15, 0.2) is 84.9 Å². The lowest BCUT2D eigenvalue weighted by atomic mass is 9.85. The topological polar surface area (TPSA) is 58.6 Å². The lowest BCUT2D eigenvalue weighted by Gasteiger charge is -2.20. The predicted octanol–water partition coefficient (Wildman–Crippen LogP) is 7.59. The van der Waals surface area contributed by atoms with Crippen LogP contribution in [0.2, 0.25) is 0 Å². The van der Waals surface area contributed by atoms with Crippen molar-refractivity contribution in [3.05, 3.63) is 102 Å². The molecule has 0 bridgehead atoms. The summed E-state index contributed by atoms with van der Waals surface area (Å²) in [5.41, 5.74) is 7.89. The first-order chi connectivity index (χ1) is 17.5. The highest BCUT2D eigenvalue weighted by atomic mass is 16.5. The van der Waals surface area contributed by atoms with Crippen LogP contribution < -0.4 is 10.1 Å². The monoisotopic (exact) mass is 477 g/mol. The Hall–Kier alpha value is -4.05. The fourth-order valence-corrected chi connectivity index (χ4v) is 5.03. The van der Waals surface area contributed by atoms with Crippen molar-refractivity contribution in [1.29, 1.82) is 0 Å². The molecule has 36 heavy (non-hydrogen) atoms. The van der Waals surface area contributed by atoms with Gasteiger partial charge in [0.15, 0.2) is 0 Å². The first-order valence-electron chi connectivity index (χ1n) is 12.6. The van der Waals surface area contributed by atoms with Gasteiger partial charge in [-0.15, -0.1) is 0 Å². The molecule has 1 unspecified atom stereocenters. The number of phenolic OH excluding ortho intramolecular Hbond substituents is 1. The number of rotatable bonds is 6. The number of benzene rings is 4. The number of nitrogens with one attached hydrogen (secondary N) is 1. The summed E-state index contributed by atoms with van der Waals surface area (Å²) >= 11 is 0. The molecule has 4 heteroatoms. The van der Waals surface area contributed by atoms with E-state index in [1.807, 2.05) is 73.7 Å². The van der Waals surface area contributed by atoms with Crippen LogP contribution in [0.3, 0.4) is 0 Å². The van der Waals surface area contributed by atoms with Gasteiger partial charge in [-0.3, -0.25) is 4.79 Å². The lowest BCUT2D eigenvalue weighted by Crippen LogP contribution is -2.23. The third-order valence-corrected chi connectivity index (χ3v) is 6.91. The van der Waals surface area contributed by atoms with Crippen molar-refractivity contribution in [3.8, 4) is 39.5 Å². The van der Waals surface area contributed by atoms with Gasteiger partial charge in [0.2, 0.25) is 5.91 Å². The molecule has 0 saturated heterocycles. The maximum Gasteiger partial charge on any atom is 0.217 e. The summed E-state index contributed by atoms with van der Waals surface area (Å²) < 4.78 is 6.09. The molecule has 0 aliphatic heterocycles. The van der Waals surface area contributed by atoms with E-state index in [2.05, 4.69) is 23.5 Å². The number of aryl methyl sites for hydroxylation is 1. The van der Waals surface area contributed by atoms with Crippen LogP contribution in [0, 0.1) is 0 Å². The van der Waals surface area contributed by atoms with Gasteiger partial charge in [0.05, 0.1) is 6.04 Å². The zero-order valence-corrected chi connectivity index (χ0v) is 20.8. The molecule has 1 atom stereocenters. The molecule has 0 spiro atoms. The normalized spacial score (nSPS) is 13.5. The summed E-state index contributed by atoms with van der Waals surface area (Å²) in [7, 11) is 0. The molecule has 1 amide bonds. The lowest BCUT2D eigenvalue weighted by molar-refractivity contribution is -0.119. The van der Waals surface area contributed by atoms with Crippen molar-refractivity contribution in [2.45, 2.75) is 45.6 Å². The van der Waals surface area contributed by atoms with E-state index in [1.54, 1.807) is 0 Å². The van der Waals surface area contributed by atoms with E-state index in [1.165, 1.54) is 30.9 Å². The quantitative estimate of drug-likeness (QED) is 0.301. The first kappa shape index (κ1) is 23.7. The molecule has 1 aliphatic carbocycles. The zero-order chi connectivity index (χ0) is 25.1. The largest absolute Gasteiger partial charge is 0.507 e. The maximum atomic E-state index is 11.3. The number of carbonyl (C=O) groups is 1. The molecule has 0 fully saturated rings. The smallest absolute Gasteiger partial charge is 0.217 e. The van der Waals surface area contributed by atoms with Gasteiger partial charge in [0.1, 0.15) is 17.2 Å². The minimum Gasteiger partial charge on any atom is -0.507 e. The molecule has 0 radical (unpaired) electrons. The summed E-state index contributed by atoms with van der Waals surface area (Å²) in [5.74, 6) is 1.83. The van der Waals surface area contributed by atoms with Crippen LogP contribution in [0.25, 0.3) is 22.3 Å². The van der Waals surface area contributed by atoms with Gasteiger partial charge < -0.3 is 15.2 Å². The van der Waals surface area contributed by atoms with Crippen LogP contribution in [-0.4, -0.2) is 11.0 Å². The Bertz CT molecular complexity index is 1360. The first-order valence-corrected chi connectivity index (χ1v) is 12.6. The Morgan fingerprint density at radius 3 is 1.94 bits per heavy atom. The van der Waals surface area contributed by atoms with Crippen molar-refractivity contribution in [2.24, 2.45) is 0 Å². The highest BCUT2D eigenvalue weighted by Gasteiger charge is 2.17. The van der Waals surface area contributed by atoms with Gasteiger partial charge in [0.25, 0.3) is 0 Å². The average molecular weight is 478 g/mol. The molecule has 1 aliphatic rings. The van der Waals surface area contributed by atoms with E-state index in [0.29, 0.717) is 5.75 Å². The second-order valence-corrected chi connectivity index (χ2v) is 9.50. The van der Waals surface area contributed by atoms with Gasteiger partial charge in [-0.1, -0.05) is 54.6 Å². The van der Waals surface area contributed by atoms with Gasteiger partial charge in [0, 0.05) is 12.5 Å². The molecule has 0 aromatic heterocycles. The fourth-order valence-electron chi connectivity index (χ4n) is 5.03. The van der Waals surface area contributed by atoms with Crippen molar-refractivity contribution in [1.82, 2.24) is 5.32 Å². The summed E-state index contributed by atoms with van der Waals surface area (Å²) in [6, 6.07) is 28.1. The highest BCUT2D eigenvalue weighted by molar-refractivity contribution is 5.76. The molecular formula is C32H31NO3. The number of aromatic hydroxyl groups is 1. The summed E-state index contributed by atoms with van der Waals surface area (Å²) in [4.78, 5) is 11.3. The van der Waals surface area contributed by atoms with Crippen LogP contribution in [0.5, 0.6) is 17.2 Å². The minimum absolute atomic E-state index is 0.0185. The van der Waals surface area contributed by atoms with Gasteiger partial charge in [-0.05, 0) is 96.3 Å². The van der Waals surface area contributed by atoms with Crippen molar-refractivity contribution < 1.29 is 14.6 Å². The Labute approximate surface area is 212 Å². The Balaban J connectivity index is 1.28. The number of fused-ring (bicyclic) bond motifs is 1. The predicted molar refractivity (Wildman–Crippen MR) is 144 cm³/mol. The third-order valence-electron chi connectivity index (χ3n) is 6.91. The SMILES string of the molecule is CC(=O)NC(C)c1ccc(-c2ccc(Oc3ccc(-c4c(O)ccc5c4CCCC5)cc3)cc2)cc1. The standard InChI is InChI=1S/C32H31NO3/c1-21(33-22(2)34)23-7-9-24(10-8-23)25-11-16-28(17-12-25)36-29-18-13-27(14-19-29)32-30-6-4-3-5-26(30)15-20-31(32)35/h7-21,35H,3-6H2,1-2H3,(H,33,34). The second-order valence-electron chi connectivity index (χ2n) is 9.50. The van der Waals surface area contributed by atoms with E-state index in [4.69, 9.17) is 4.74 Å². The van der Waals surface area contributed by atoms with E-state index < -0.39 is 0 Å². The fraction of sp³-hybridized carbons (Fsp3) is 0.219. The molecule has 2 N–H and O–H groups in total. The zero-order valence-electron chi connectivity index (χ0n) is 20.8. The maximum absolute atomic E-state index is 11.3. The molecule has 5 rings (SSSR count). The molecule has 4 nitrogen and oxygen atoms in total. The molecule has 0 heterocycles. The molecule has 182 valence electrons. The van der Waals surface area contributed by atoms with E-state index >= 15 is 0 Å².